The quantitative estimate of drug-likeness (QED) is 0.660. The van der Waals surface area contributed by atoms with Gasteiger partial charge in [-0.25, -0.2) is 0 Å². The normalized spacial score (nSPS) is 11.2. The number of benzene rings is 3. The van der Waals surface area contributed by atoms with E-state index in [1.807, 2.05) is 60.7 Å². The summed E-state index contributed by atoms with van der Waals surface area (Å²) < 4.78 is 0. The molecule has 132 valence electrons. The summed E-state index contributed by atoms with van der Waals surface area (Å²) in [5, 5.41) is 7.34. The van der Waals surface area contributed by atoms with Crippen LogP contribution in [0, 0.1) is 0 Å². The van der Waals surface area contributed by atoms with Crippen molar-refractivity contribution in [2.24, 2.45) is 0 Å². The molecule has 0 aliphatic rings. The van der Waals surface area contributed by atoms with Gasteiger partial charge in [-0.05, 0) is 28.5 Å². The molecule has 2 amide bonds. The van der Waals surface area contributed by atoms with Gasteiger partial charge in [0.25, 0.3) is 0 Å². The molecule has 0 saturated heterocycles. The Morgan fingerprint density at radius 3 is 1.96 bits per heavy atom. The second-order valence-corrected chi connectivity index (χ2v) is 7.23. The number of rotatable bonds is 2. The van der Waals surface area contributed by atoms with E-state index in [0.717, 1.165) is 16.3 Å². The summed E-state index contributed by atoms with van der Waals surface area (Å²) in [4.78, 5) is 24.8. The molecule has 0 fully saturated rings. The molecule has 0 heterocycles. The highest BCUT2D eigenvalue weighted by atomic mass is 16.2. The van der Waals surface area contributed by atoms with E-state index >= 15 is 0 Å². The minimum atomic E-state index is -0.690. The molecule has 3 rings (SSSR count). The molecule has 0 saturated carbocycles. The van der Waals surface area contributed by atoms with Crippen LogP contribution in [0.2, 0.25) is 0 Å². The van der Waals surface area contributed by atoms with Gasteiger partial charge in [-0.15, -0.1) is 0 Å². The van der Waals surface area contributed by atoms with Crippen LogP contribution in [0.15, 0.2) is 66.7 Å². The first-order chi connectivity index (χ1) is 12.4. The summed E-state index contributed by atoms with van der Waals surface area (Å²) in [6, 6.07) is 20.8. The molecule has 0 aliphatic carbocycles. The highest BCUT2D eigenvalue weighted by Gasteiger charge is 2.21. The third-order valence-corrected chi connectivity index (χ3v) is 4.23. The molecule has 0 aliphatic heterocycles. The molecule has 0 atom stereocenters. The van der Waals surface area contributed by atoms with Crippen molar-refractivity contribution in [3.8, 4) is 0 Å². The molecule has 3 aromatic rings. The molecule has 0 bridgehead atoms. The molecular formula is C22H22N2O2. The van der Waals surface area contributed by atoms with Crippen LogP contribution in [0.1, 0.15) is 26.3 Å². The van der Waals surface area contributed by atoms with Gasteiger partial charge >= 0.3 is 11.8 Å². The molecule has 26 heavy (non-hydrogen) atoms. The van der Waals surface area contributed by atoms with Gasteiger partial charge in [-0.3, -0.25) is 9.59 Å². The first kappa shape index (κ1) is 17.7. The van der Waals surface area contributed by atoms with Crippen molar-refractivity contribution in [3.63, 3.8) is 0 Å². The summed E-state index contributed by atoms with van der Waals surface area (Å²) >= 11 is 0. The molecule has 0 unspecified atom stereocenters. The van der Waals surface area contributed by atoms with E-state index in [2.05, 4.69) is 31.4 Å². The third-order valence-electron chi connectivity index (χ3n) is 4.23. The second kappa shape index (κ2) is 7.00. The number of anilines is 2. The number of carbonyl (C=O) groups is 2. The largest absolute Gasteiger partial charge is 0.318 e. The monoisotopic (exact) mass is 346 g/mol. The van der Waals surface area contributed by atoms with Crippen molar-refractivity contribution >= 4 is 34.0 Å². The van der Waals surface area contributed by atoms with Crippen molar-refractivity contribution in [1.82, 2.24) is 0 Å². The number of hydrogen-bond acceptors (Lipinski definition) is 2. The number of carbonyl (C=O) groups excluding carboxylic acids is 2. The molecule has 0 radical (unpaired) electrons. The lowest BCUT2D eigenvalue weighted by molar-refractivity contribution is -0.132. The number of nitrogens with one attached hydrogen (secondary N) is 2. The molecule has 2 N–H and O–H groups in total. The summed E-state index contributed by atoms with van der Waals surface area (Å²) in [5.74, 6) is -1.38. The Morgan fingerprint density at radius 2 is 1.23 bits per heavy atom. The maximum Gasteiger partial charge on any atom is 0.314 e. The van der Waals surface area contributed by atoms with E-state index in [4.69, 9.17) is 0 Å². The Kier molecular flexibility index (Phi) is 4.76. The maximum atomic E-state index is 12.4. The van der Waals surface area contributed by atoms with E-state index in [-0.39, 0.29) is 5.41 Å². The van der Waals surface area contributed by atoms with Crippen LogP contribution in [0.5, 0.6) is 0 Å². The van der Waals surface area contributed by atoms with Crippen molar-refractivity contribution < 1.29 is 9.59 Å². The zero-order valence-electron chi connectivity index (χ0n) is 15.2. The van der Waals surface area contributed by atoms with E-state index in [9.17, 15) is 9.59 Å². The minimum absolute atomic E-state index is 0.143. The average Bonchev–Trinajstić information content (AvgIpc) is 2.61. The first-order valence-electron chi connectivity index (χ1n) is 8.56. The Morgan fingerprint density at radius 1 is 0.692 bits per heavy atom. The maximum absolute atomic E-state index is 12.4. The number of hydrogen-bond donors (Lipinski definition) is 2. The SMILES string of the molecule is CC(C)(C)c1ccccc1NC(=O)C(=O)Nc1cccc2ccccc12. The molecule has 4 heteroatoms. The standard InChI is InChI=1S/C22H22N2O2/c1-22(2,3)17-12-6-7-13-19(17)24-21(26)20(25)23-18-14-8-10-15-9-4-5-11-16(15)18/h4-14H,1-3H3,(H,23,25)(H,24,26). The summed E-state index contributed by atoms with van der Waals surface area (Å²) in [7, 11) is 0. The van der Waals surface area contributed by atoms with Crippen LogP contribution in [-0.2, 0) is 15.0 Å². The predicted molar refractivity (Wildman–Crippen MR) is 106 cm³/mol. The Hall–Kier alpha value is -3.14. The Balaban J connectivity index is 1.80. The minimum Gasteiger partial charge on any atom is -0.318 e. The van der Waals surface area contributed by atoms with Gasteiger partial charge in [-0.2, -0.15) is 0 Å². The van der Waals surface area contributed by atoms with Crippen LogP contribution >= 0.6 is 0 Å². The van der Waals surface area contributed by atoms with Crippen molar-refractivity contribution in [1.29, 1.82) is 0 Å². The van der Waals surface area contributed by atoms with Gasteiger partial charge < -0.3 is 10.6 Å². The zero-order chi connectivity index (χ0) is 18.7. The van der Waals surface area contributed by atoms with Crippen LogP contribution in [0.3, 0.4) is 0 Å². The number of para-hydroxylation sites is 1. The van der Waals surface area contributed by atoms with Crippen LogP contribution in [0.25, 0.3) is 10.8 Å². The fourth-order valence-corrected chi connectivity index (χ4v) is 2.94. The summed E-state index contributed by atoms with van der Waals surface area (Å²) in [5.41, 5.74) is 2.10. The van der Waals surface area contributed by atoms with Gasteiger partial charge in [0.15, 0.2) is 0 Å². The molecule has 4 nitrogen and oxygen atoms in total. The lowest BCUT2D eigenvalue weighted by atomic mass is 9.86. The van der Waals surface area contributed by atoms with Crippen molar-refractivity contribution in [3.05, 3.63) is 72.3 Å². The van der Waals surface area contributed by atoms with E-state index in [0.29, 0.717) is 11.4 Å². The highest BCUT2D eigenvalue weighted by molar-refractivity contribution is 6.44. The fourth-order valence-electron chi connectivity index (χ4n) is 2.94. The Labute approximate surface area is 153 Å². The number of amides is 2. The predicted octanol–water partition coefficient (Wildman–Crippen LogP) is 4.71. The third kappa shape index (κ3) is 3.75. The smallest absolute Gasteiger partial charge is 0.314 e. The van der Waals surface area contributed by atoms with Crippen molar-refractivity contribution in [2.75, 3.05) is 10.6 Å². The lowest BCUT2D eigenvalue weighted by Gasteiger charge is -2.22. The van der Waals surface area contributed by atoms with Gasteiger partial charge in [0, 0.05) is 16.8 Å². The highest BCUT2D eigenvalue weighted by Crippen LogP contribution is 2.29. The molecule has 0 aromatic heterocycles. The summed E-state index contributed by atoms with van der Waals surface area (Å²) in [6.07, 6.45) is 0. The van der Waals surface area contributed by atoms with E-state index < -0.39 is 11.8 Å². The van der Waals surface area contributed by atoms with Crippen molar-refractivity contribution in [2.45, 2.75) is 26.2 Å². The van der Waals surface area contributed by atoms with Gasteiger partial charge in [0.2, 0.25) is 0 Å². The van der Waals surface area contributed by atoms with Gasteiger partial charge in [0.1, 0.15) is 0 Å². The van der Waals surface area contributed by atoms with Crippen LogP contribution < -0.4 is 10.6 Å². The summed E-state index contributed by atoms with van der Waals surface area (Å²) in [6.45, 7) is 6.19. The number of fused-ring (bicyclic) bond motifs is 1. The fraction of sp³-hybridized carbons (Fsp3) is 0.182. The molecular weight excluding hydrogens is 324 g/mol. The zero-order valence-corrected chi connectivity index (χ0v) is 15.2. The average molecular weight is 346 g/mol. The second-order valence-electron chi connectivity index (χ2n) is 7.23. The van der Waals surface area contributed by atoms with Crippen LogP contribution in [-0.4, -0.2) is 11.8 Å². The van der Waals surface area contributed by atoms with Crippen LogP contribution in [0.4, 0.5) is 11.4 Å². The van der Waals surface area contributed by atoms with Gasteiger partial charge in [-0.1, -0.05) is 75.4 Å². The molecule has 3 aromatic carbocycles. The van der Waals surface area contributed by atoms with E-state index in [1.54, 1.807) is 6.07 Å². The lowest BCUT2D eigenvalue weighted by Crippen LogP contribution is -2.30. The van der Waals surface area contributed by atoms with E-state index in [1.165, 1.54) is 0 Å². The Bertz CT molecular complexity index is 966. The van der Waals surface area contributed by atoms with Gasteiger partial charge in [0.05, 0.1) is 0 Å². The topological polar surface area (TPSA) is 58.2 Å². The molecule has 0 spiro atoms. The first-order valence-corrected chi connectivity index (χ1v) is 8.56.